The number of nitrogens with zero attached hydrogens (tertiary/aromatic N) is 2. The molecule has 0 aliphatic rings. The molecule has 0 unspecified atom stereocenters. The lowest BCUT2D eigenvalue weighted by atomic mass is 10.1. The molecular weight excluding hydrogens is 530 g/mol. The number of hydrogen-bond donors (Lipinski definition) is 1. The van der Waals surface area contributed by atoms with Crippen molar-refractivity contribution in [3.8, 4) is 11.8 Å². The molecule has 0 atom stereocenters. The first-order chi connectivity index (χ1) is 17.3. The van der Waals surface area contributed by atoms with Crippen molar-refractivity contribution in [2.24, 2.45) is 0 Å². The summed E-state index contributed by atoms with van der Waals surface area (Å²) >= 11 is 3.38. The molecule has 0 spiro atoms. The first-order valence-electron chi connectivity index (χ1n) is 10.7. The van der Waals surface area contributed by atoms with Crippen LogP contribution in [0.2, 0.25) is 0 Å². The molecule has 0 bridgehead atoms. The Morgan fingerprint density at radius 1 is 1.11 bits per heavy atom. The fourth-order valence-electron chi connectivity index (χ4n) is 3.05. The summed E-state index contributed by atoms with van der Waals surface area (Å²) in [6, 6.07) is 19.1. The lowest BCUT2D eigenvalue weighted by molar-refractivity contribution is -0.384. The summed E-state index contributed by atoms with van der Waals surface area (Å²) in [6.07, 6.45) is 1.40. The third-order valence-electron chi connectivity index (χ3n) is 4.83. The zero-order valence-corrected chi connectivity index (χ0v) is 20.7. The molecule has 3 aromatic rings. The minimum absolute atomic E-state index is 0.0220. The van der Waals surface area contributed by atoms with E-state index in [1.807, 2.05) is 6.07 Å². The number of carbonyl (C=O) groups excluding carboxylic acids is 2. The number of anilines is 1. The van der Waals surface area contributed by atoms with Crippen molar-refractivity contribution in [1.82, 2.24) is 0 Å². The Morgan fingerprint density at radius 2 is 1.81 bits per heavy atom. The number of halogens is 1. The van der Waals surface area contributed by atoms with Crippen LogP contribution in [0.5, 0.6) is 5.75 Å². The molecule has 9 nitrogen and oxygen atoms in total. The van der Waals surface area contributed by atoms with Gasteiger partial charge in [0.2, 0.25) is 0 Å². The fraction of sp³-hybridized carbons (Fsp3) is 0.115. The number of esters is 1. The number of ether oxygens (including phenoxy) is 2. The van der Waals surface area contributed by atoms with E-state index in [2.05, 4.69) is 21.2 Å². The maximum absolute atomic E-state index is 12.7. The number of amides is 1. The van der Waals surface area contributed by atoms with Crippen LogP contribution < -0.4 is 10.1 Å². The van der Waals surface area contributed by atoms with E-state index in [-0.39, 0.29) is 24.5 Å². The summed E-state index contributed by atoms with van der Waals surface area (Å²) in [5.74, 6) is -0.692. The minimum Gasteiger partial charge on any atom is -0.488 e. The van der Waals surface area contributed by atoms with Gasteiger partial charge in [-0.15, -0.1) is 0 Å². The van der Waals surface area contributed by atoms with Crippen LogP contribution in [-0.4, -0.2) is 23.4 Å². The quantitative estimate of drug-likeness (QED) is 0.120. The Bertz CT molecular complexity index is 1350. The highest BCUT2D eigenvalue weighted by Gasteiger charge is 2.13. The van der Waals surface area contributed by atoms with Crippen LogP contribution in [0.15, 0.2) is 76.8 Å². The van der Waals surface area contributed by atoms with Gasteiger partial charge in [-0.05, 0) is 73.2 Å². The average molecular weight is 550 g/mol. The minimum atomic E-state index is -0.636. The molecule has 10 heteroatoms. The number of nitrogens with one attached hydrogen (secondary N) is 1. The number of benzene rings is 3. The SMILES string of the molecule is CCOC(=O)c1ccc(NC(=O)/C(C#N)=C/c2cc(Br)ccc2OCc2ccc([N+](=O)[O-])cc2)cc1. The van der Waals surface area contributed by atoms with Crippen LogP contribution in [-0.2, 0) is 16.1 Å². The fourth-order valence-corrected chi connectivity index (χ4v) is 3.42. The maximum Gasteiger partial charge on any atom is 0.338 e. The molecular formula is C26H20BrN3O6. The number of nitro benzene ring substituents is 1. The van der Waals surface area contributed by atoms with E-state index < -0.39 is 16.8 Å². The number of nitriles is 1. The second-order valence-electron chi connectivity index (χ2n) is 7.32. The molecule has 1 amide bonds. The molecule has 3 aromatic carbocycles. The van der Waals surface area contributed by atoms with E-state index in [0.717, 1.165) is 0 Å². The van der Waals surface area contributed by atoms with Gasteiger partial charge in [-0.2, -0.15) is 5.26 Å². The van der Waals surface area contributed by atoms with Gasteiger partial charge in [-0.25, -0.2) is 4.79 Å². The van der Waals surface area contributed by atoms with Crippen molar-refractivity contribution < 1.29 is 24.0 Å². The second-order valence-corrected chi connectivity index (χ2v) is 8.23. The molecule has 182 valence electrons. The lowest BCUT2D eigenvalue weighted by Crippen LogP contribution is -2.14. The topological polar surface area (TPSA) is 132 Å². The van der Waals surface area contributed by atoms with Crippen molar-refractivity contribution in [3.63, 3.8) is 0 Å². The first-order valence-corrected chi connectivity index (χ1v) is 11.5. The van der Waals surface area contributed by atoms with Crippen molar-refractivity contribution in [3.05, 3.63) is 104 Å². The molecule has 0 aliphatic carbocycles. The lowest BCUT2D eigenvalue weighted by Gasteiger charge is -2.11. The Balaban J connectivity index is 1.76. The van der Waals surface area contributed by atoms with Crippen molar-refractivity contribution >= 4 is 45.3 Å². The summed E-state index contributed by atoms with van der Waals surface area (Å²) in [5, 5.41) is 23.1. The van der Waals surface area contributed by atoms with Crippen molar-refractivity contribution in [2.45, 2.75) is 13.5 Å². The number of hydrogen-bond acceptors (Lipinski definition) is 7. The van der Waals surface area contributed by atoms with Crippen LogP contribution in [0.25, 0.3) is 6.08 Å². The smallest absolute Gasteiger partial charge is 0.338 e. The molecule has 1 N–H and O–H groups in total. The second kappa shape index (κ2) is 12.3. The summed E-state index contributed by atoms with van der Waals surface area (Å²) in [7, 11) is 0. The average Bonchev–Trinajstić information content (AvgIpc) is 2.87. The zero-order valence-electron chi connectivity index (χ0n) is 19.1. The van der Waals surface area contributed by atoms with Crippen LogP contribution in [0.1, 0.15) is 28.4 Å². The number of non-ortho nitro benzene ring substituents is 1. The Hall–Kier alpha value is -4.49. The highest BCUT2D eigenvalue weighted by Crippen LogP contribution is 2.27. The third kappa shape index (κ3) is 7.01. The van der Waals surface area contributed by atoms with Gasteiger partial charge in [0.25, 0.3) is 11.6 Å². The van der Waals surface area contributed by atoms with Gasteiger partial charge in [0.15, 0.2) is 0 Å². The van der Waals surface area contributed by atoms with Gasteiger partial charge in [-0.1, -0.05) is 15.9 Å². The van der Waals surface area contributed by atoms with E-state index in [9.17, 15) is 25.0 Å². The third-order valence-corrected chi connectivity index (χ3v) is 5.33. The van der Waals surface area contributed by atoms with E-state index >= 15 is 0 Å². The zero-order chi connectivity index (χ0) is 26.1. The Kier molecular flexibility index (Phi) is 8.91. The van der Waals surface area contributed by atoms with E-state index in [1.165, 1.54) is 42.5 Å². The first kappa shape index (κ1) is 26.1. The molecule has 0 heterocycles. The molecule has 0 fully saturated rings. The Labute approximate surface area is 215 Å². The van der Waals surface area contributed by atoms with Gasteiger partial charge in [0.1, 0.15) is 24.0 Å². The summed E-state index contributed by atoms with van der Waals surface area (Å²) < 4.78 is 11.5. The molecule has 36 heavy (non-hydrogen) atoms. The van der Waals surface area contributed by atoms with Gasteiger partial charge < -0.3 is 14.8 Å². The number of rotatable bonds is 9. The highest BCUT2D eigenvalue weighted by molar-refractivity contribution is 9.10. The van der Waals surface area contributed by atoms with Gasteiger partial charge in [0.05, 0.1) is 17.1 Å². The molecule has 0 saturated heterocycles. The Morgan fingerprint density at radius 3 is 2.42 bits per heavy atom. The number of carbonyl (C=O) groups is 2. The largest absolute Gasteiger partial charge is 0.488 e. The molecule has 3 rings (SSSR count). The van der Waals surface area contributed by atoms with Crippen LogP contribution in [0.3, 0.4) is 0 Å². The monoisotopic (exact) mass is 549 g/mol. The summed E-state index contributed by atoms with van der Waals surface area (Å²) in [5.41, 5.74) is 1.75. The standard InChI is InChI=1S/C26H20BrN3O6/c1-2-35-26(32)18-5-8-22(9-6-18)29-25(31)20(15-28)13-19-14-21(27)7-12-24(19)36-16-17-3-10-23(11-4-17)30(33)34/h3-14H,2,16H2,1H3,(H,29,31)/b20-13+. The normalized spacial score (nSPS) is 10.8. The van der Waals surface area contributed by atoms with Crippen molar-refractivity contribution in [2.75, 3.05) is 11.9 Å². The number of nitro groups is 1. The van der Waals surface area contributed by atoms with E-state index in [4.69, 9.17) is 9.47 Å². The molecule has 0 saturated carbocycles. The summed E-state index contributed by atoms with van der Waals surface area (Å²) in [4.78, 5) is 34.8. The van der Waals surface area contributed by atoms with Crippen LogP contribution in [0, 0.1) is 21.4 Å². The van der Waals surface area contributed by atoms with Crippen LogP contribution in [0.4, 0.5) is 11.4 Å². The molecule has 0 aromatic heterocycles. The van der Waals surface area contributed by atoms with E-state index in [1.54, 1.807) is 37.3 Å². The predicted octanol–water partition coefficient (Wildman–Crippen LogP) is 5.66. The maximum atomic E-state index is 12.7. The van der Waals surface area contributed by atoms with Crippen molar-refractivity contribution in [1.29, 1.82) is 5.26 Å². The van der Waals surface area contributed by atoms with Gasteiger partial charge >= 0.3 is 5.97 Å². The van der Waals surface area contributed by atoms with Crippen LogP contribution >= 0.6 is 15.9 Å². The molecule has 0 aliphatic heterocycles. The van der Waals surface area contributed by atoms with Gasteiger partial charge in [-0.3, -0.25) is 14.9 Å². The predicted molar refractivity (Wildman–Crippen MR) is 136 cm³/mol. The molecule has 0 radical (unpaired) electrons. The van der Waals surface area contributed by atoms with Gasteiger partial charge in [0, 0.05) is 27.9 Å². The van der Waals surface area contributed by atoms with E-state index in [0.29, 0.717) is 32.6 Å². The highest BCUT2D eigenvalue weighted by atomic mass is 79.9. The summed E-state index contributed by atoms with van der Waals surface area (Å²) in [6.45, 7) is 2.09.